The van der Waals surface area contributed by atoms with Gasteiger partial charge in [-0.2, -0.15) is 0 Å². The van der Waals surface area contributed by atoms with E-state index in [2.05, 4.69) is 5.32 Å². The number of nitrogens with one attached hydrogen (secondary N) is 1. The highest BCUT2D eigenvalue weighted by atomic mass is 35.5. The normalized spacial score (nSPS) is 12.3. The lowest BCUT2D eigenvalue weighted by Gasteiger charge is -2.16. The Morgan fingerprint density at radius 2 is 1.79 bits per heavy atom. The molecule has 19 heavy (non-hydrogen) atoms. The van der Waals surface area contributed by atoms with Crippen LogP contribution in [0.25, 0.3) is 0 Å². The molecule has 0 radical (unpaired) electrons. The molecule has 0 fully saturated rings. The van der Waals surface area contributed by atoms with Crippen LogP contribution in [0, 0.1) is 17.5 Å². The minimum atomic E-state index is -1.48. The summed E-state index contributed by atoms with van der Waals surface area (Å²) in [6, 6.07) is 8.75. The summed E-state index contributed by atoms with van der Waals surface area (Å²) in [5.41, 5.74) is 0.725. The molecule has 0 aliphatic heterocycles. The maximum absolute atomic E-state index is 13.5. The minimum Gasteiger partial charge on any atom is -0.376 e. The molecule has 0 spiro atoms. The standard InChI is InChI=1S/C14H11ClF3N/c1-8(9-3-2-4-10(15)7-9)19-12-6-5-11(16)13(17)14(12)18/h2-8,19H,1H3. The summed E-state index contributed by atoms with van der Waals surface area (Å²) in [4.78, 5) is 0. The molecule has 5 heteroatoms. The quantitative estimate of drug-likeness (QED) is 0.789. The highest BCUT2D eigenvalue weighted by Gasteiger charge is 2.15. The van der Waals surface area contributed by atoms with Gasteiger partial charge in [0, 0.05) is 11.1 Å². The van der Waals surface area contributed by atoms with E-state index < -0.39 is 17.5 Å². The number of hydrogen-bond donors (Lipinski definition) is 1. The van der Waals surface area contributed by atoms with Crippen molar-refractivity contribution < 1.29 is 13.2 Å². The second-order valence-electron chi connectivity index (χ2n) is 4.14. The largest absolute Gasteiger partial charge is 0.376 e. The SMILES string of the molecule is CC(Nc1ccc(F)c(F)c1F)c1cccc(Cl)c1. The number of hydrogen-bond acceptors (Lipinski definition) is 1. The Morgan fingerprint density at radius 3 is 2.47 bits per heavy atom. The molecule has 1 N–H and O–H groups in total. The van der Waals surface area contributed by atoms with Crippen LogP contribution < -0.4 is 5.32 Å². The second-order valence-corrected chi connectivity index (χ2v) is 4.58. The van der Waals surface area contributed by atoms with Crippen LogP contribution in [0.3, 0.4) is 0 Å². The van der Waals surface area contributed by atoms with Crippen molar-refractivity contribution >= 4 is 17.3 Å². The number of halogens is 4. The Bertz CT molecular complexity index is 601. The monoisotopic (exact) mass is 285 g/mol. The zero-order valence-electron chi connectivity index (χ0n) is 10.1. The predicted molar refractivity (Wildman–Crippen MR) is 69.8 cm³/mol. The first-order valence-corrected chi connectivity index (χ1v) is 6.02. The van der Waals surface area contributed by atoms with Crippen molar-refractivity contribution in [2.45, 2.75) is 13.0 Å². The van der Waals surface area contributed by atoms with E-state index in [1.807, 2.05) is 0 Å². The Kier molecular flexibility index (Phi) is 4.00. The van der Waals surface area contributed by atoms with E-state index in [1.54, 1.807) is 31.2 Å². The van der Waals surface area contributed by atoms with Crippen LogP contribution in [0.15, 0.2) is 36.4 Å². The molecule has 0 aliphatic rings. The molecule has 1 unspecified atom stereocenters. The zero-order valence-corrected chi connectivity index (χ0v) is 10.8. The molecular weight excluding hydrogens is 275 g/mol. The first-order chi connectivity index (χ1) is 8.99. The summed E-state index contributed by atoms with van der Waals surface area (Å²) >= 11 is 5.86. The fraction of sp³-hybridized carbons (Fsp3) is 0.143. The third kappa shape index (κ3) is 3.01. The number of benzene rings is 2. The molecule has 0 heterocycles. The van der Waals surface area contributed by atoms with E-state index in [1.165, 1.54) is 0 Å². The molecule has 1 nitrogen and oxygen atoms in total. The van der Waals surface area contributed by atoms with Crippen LogP contribution in [0.5, 0.6) is 0 Å². The van der Waals surface area contributed by atoms with Gasteiger partial charge >= 0.3 is 0 Å². The lowest BCUT2D eigenvalue weighted by Crippen LogP contribution is -2.09. The van der Waals surface area contributed by atoms with Crippen LogP contribution >= 0.6 is 11.6 Å². The molecule has 0 aliphatic carbocycles. The maximum atomic E-state index is 13.5. The summed E-state index contributed by atoms with van der Waals surface area (Å²) in [6.45, 7) is 1.77. The lowest BCUT2D eigenvalue weighted by atomic mass is 10.1. The van der Waals surface area contributed by atoms with Gasteiger partial charge in [0.25, 0.3) is 0 Å². The maximum Gasteiger partial charge on any atom is 0.196 e. The van der Waals surface area contributed by atoms with Crippen LogP contribution in [0.1, 0.15) is 18.5 Å². The fourth-order valence-electron chi connectivity index (χ4n) is 1.73. The van der Waals surface area contributed by atoms with E-state index in [4.69, 9.17) is 11.6 Å². The van der Waals surface area contributed by atoms with Gasteiger partial charge in [0.15, 0.2) is 17.5 Å². The fourth-order valence-corrected chi connectivity index (χ4v) is 1.93. The number of anilines is 1. The van der Waals surface area contributed by atoms with E-state index in [9.17, 15) is 13.2 Å². The van der Waals surface area contributed by atoms with Gasteiger partial charge in [-0.1, -0.05) is 23.7 Å². The molecule has 0 saturated carbocycles. The average Bonchev–Trinajstić information content (AvgIpc) is 2.39. The summed E-state index contributed by atoms with van der Waals surface area (Å²) in [5.74, 6) is -3.92. The van der Waals surface area contributed by atoms with Crippen LogP contribution in [0.2, 0.25) is 5.02 Å². The van der Waals surface area contributed by atoms with Crippen LogP contribution in [-0.2, 0) is 0 Å². The molecule has 2 aromatic carbocycles. The topological polar surface area (TPSA) is 12.0 Å². The summed E-state index contributed by atoms with van der Waals surface area (Å²) < 4.78 is 39.4. The smallest absolute Gasteiger partial charge is 0.196 e. The molecular formula is C14H11ClF3N. The third-order valence-electron chi connectivity index (χ3n) is 2.76. The van der Waals surface area contributed by atoms with Gasteiger partial charge in [-0.15, -0.1) is 0 Å². The molecule has 2 aromatic rings. The summed E-state index contributed by atoms with van der Waals surface area (Å²) in [7, 11) is 0. The Labute approximate surface area is 114 Å². The van der Waals surface area contributed by atoms with E-state index in [-0.39, 0.29) is 11.7 Å². The molecule has 1 atom stereocenters. The summed E-state index contributed by atoms with van der Waals surface area (Å²) in [5, 5.41) is 3.33. The Balaban J connectivity index is 2.24. The van der Waals surface area contributed by atoms with Gasteiger partial charge in [-0.25, -0.2) is 13.2 Å². The van der Waals surface area contributed by atoms with E-state index >= 15 is 0 Å². The van der Waals surface area contributed by atoms with E-state index in [0.717, 1.165) is 17.7 Å². The van der Waals surface area contributed by atoms with E-state index in [0.29, 0.717) is 5.02 Å². The lowest BCUT2D eigenvalue weighted by molar-refractivity contribution is 0.448. The van der Waals surface area contributed by atoms with Gasteiger partial charge in [-0.3, -0.25) is 0 Å². The van der Waals surface area contributed by atoms with Crippen molar-refractivity contribution in [3.8, 4) is 0 Å². The minimum absolute atomic E-state index is 0.0913. The van der Waals surface area contributed by atoms with Crippen molar-refractivity contribution in [3.05, 3.63) is 64.4 Å². The van der Waals surface area contributed by atoms with Gasteiger partial charge in [0.05, 0.1) is 5.69 Å². The van der Waals surface area contributed by atoms with Crippen molar-refractivity contribution in [1.82, 2.24) is 0 Å². The van der Waals surface area contributed by atoms with Crippen molar-refractivity contribution in [2.24, 2.45) is 0 Å². The Morgan fingerprint density at radius 1 is 1.05 bits per heavy atom. The van der Waals surface area contributed by atoms with Crippen molar-refractivity contribution in [3.63, 3.8) is 0 Å². The highest BCUT2D eigenvalue weighted by molar-refractivity contribution is 6.30. The first-order valence-electron chi connectivity index (χ1n) is 5.64. The Hall–Kier alpha value is -1.68. The molecule has 0 amide bonds. The van der Waals surface area contributed by atoms with Gasteiger partial charge in [0.1, 0.15) is 0 Å². The number of rotatable bonds is 3. The third-order valence-corrected chi connectivity index (χ3v) is 2.99. The average molecular weight is 286 g/mol. The molecule has 0 bridgehead atoms. The zero-order chi connectivity index (χ0) is 14.0. The molecule has 0 aromatic heterocycles. The van der Waals surface area contributed by atoms with Crippen LogP contribution in [0.4, 0.5) is 18.9 Å². The first kappa shape index (κ1) is 13.7. The molecule has 0 saturated heterocycles. The molecule has 100 valence electrons. The van der Waals surface area contributed by atoms with Gasteiger partial charge in [0.2, 0.25) is 0 Å². The molecule has 2 rings (SSSR count). The van der Waals surface area contributed by atoms with Crippen molar-refractivity contribution in [2.75, 3.05) is 5.32 Å². The predicted octanol–water partition coefficient (Wildman–Crippen LogP) is 4.93. The summed E-state index contributed by atoms with van der Waals surface area (Å²) in [6.07, 6.45) is 0. The van der Waals surface area contributed by atoms with Gasteiger partial charge < -0.3 is 5.32 Å². The second kappa shape index (κ2) is 5.53. The van der Waals surface area contributed by atoms with Gasteiger partial charge in [-0.05, 0) is 36.8 Å². The highest BCUT2D eigenvalue weighted by Crippen LogP contribution is 2.25. The van der Waals surface area contributed by atoms with Crippen molar-refractivity contribution in [1.29, 1.82) is 0 Å². The van der Waals surface area contributed by atoms with Crippen LogP contribution in [-0.4, -0.2) is 0 Å².